The molecule has 0 saturated heterocycles. The van der Waals surface area contributed by atoms with Gasteiger partial charge < -0.3 is 9.84 Å². The highest BCUT2D eigenvalue weighted by Crippen LogP contribution is 2.38. The monoisotopic (exact) mass is 396 g/mol. The Morgan fingerprint density at radius 3 is 2.83 bits per heavy atom. The largest absolute Gasteiger partial charge is 0.495 e. The fourth-order valence-corrected chi connectivity index (χ4v) is 3.41. The number of nitrogens with zero attached hydrogens (tertiary/aromatic N) is 2. The highest BCUT2D eigenvalue weighted by atomic mass is 79.9. The second-order valence-corrected chi connectivity index (χ2v) is 6.47. The summed E-state index contributed by atoms with van der Waals surface area (Å²) in [6, 6.07) is 9.16. The lowest BCUT2D eigenvalue weighted by atomic mass is 10.2. The molecular weight excluding hydrogens is 387 g/mol. The first-order chi connectivity index (χ1) is 11.0. The maximum atomic E-state index is 13.6. The zero-order valence-corrected chi connectivity index (χ0v) is 14.2. The van der Waals surface area contributed by atoms with Crippen molar-refractivity contribution in [2.75, 3.05) is 12.0 Å². The van der Waals surface area contributed by atoms with E-state index in [0.29, 0.717) is 5.52 Å². The first-order valence-electron chi connectivity index (χ1n) is 6.42. The van der Waals surface area contributed by atoms with Crippen molar-refractivity contribution in [3.63, 3.8) is 0 Å². The van der Waals surface area contributed by atoms with Crippen molar-refractivity contribution in [2.24, 2.45) is 0 Å². The van der Waals surface area contributed by atoms with E-state index in [1.54, 1.807) is 6.07 Å². The molecular formula is C15H10BrFN2O3S. The summed E-state index contributed by atoms with van der Waals surface area (Å²) >= 11 is 4.55. The molecule has 5 nitrogen and oxygen atoms in total. The van der Waals surface area contributed by atoms with Gasteiger partial charge in [0.25, 0.3) is 0 Å². The van der Waals surface area contributed by atoms with Crippen LogP contribution in [-0.2, 0) is 0 Å². The Bertz CT molecular complexity index is 900. The van der Waals surface area contributed by atoms with Gasteiger partial charge in [0.2, 0.25) is 5.13 Å². The normalized spacial score (nSPS) is 10.7. The topological polar surface area (TPSA) is 62.7 Å². The zero-order valence-electron chi connectivity index (χ0n) is 11.8. The van der Waals surface area contributed by atoms with Crippen LogP contribution in [-0.4, -0.2) is 23.3 Å². The molecule has 0 bridgehead atoms. The van der Waals surface area contributed by atoms with Gasteiger partial charge in [-0.3, -0.25) is 0 Å². The molecule has 0 radical (unpaired) electrons. The number of methoxy groups -OCH3 is 1. The molecule has 0 aliphatic carbocycles. The molecule has 3 aromatic rings. The second kappa shape index (κ2) is 6.13. The van der Waals surface area contributed by atoms with Gasteiger partial charge in [-0.25, -0.2) is 19.1 Å². The van der Waals surface area contributed by atoms with Crippen LogP contribution in [0.15, 0.2) is 40.9 Å². The van der Waals surface area contributed by atoms with E-state index in [4.69, 9.17) is 4.74 Å². The molecule has 23 heavy (non-hydrogen) atoms. The van der Waals surface area contributed by atoms with Crippen molar-refractivity contribution < 1.29 is 19.0 Å². The highest BCUT2D eigenvalue weighted by molar-refractivity contribution is 9.10. The van der Waals surface area contributed by atoms with Gasteiger partial charge in [-0.1, -0.05) is 27.3 Å². The molecule has 1 N–H and O–H groups in total. The molecule has 118 valence electrons. The number of aromatic nitrogens is 1. The van der Waals surface area contributed by atoms with Crippen LogP contribution in [0.3, 0.4) is 0 Å². The molecule has 0 atom stereocenters. The predicted molar refractivity (Wildman–Crippen MR) is 90.4 cm³/mol. The van der Waals surface area contributed by atoms with E-state index >= 15 is 0 Å². The molecule has 0 fully saturated rings. The standard InChI is InChI=1S/C15H10BrFN2O3S/c1-22-12-4-3-9(17)7-11(12)19(15(20)21)14-18-10-6-8(16)2-5-13(10)23-14/h2-7H,1H3,(H,20,21). The summed E-state index contributed by atoms with van der Waals surface area (Å²) < 4.78 is 20.4. The van der Waals surface area contributed by atoms with Gasteiger partial charge in [-0.05, 0) is 30.3 Å². The summed E-state index contributed by atoms with van der Waals surface area (Å²) in [5.74, 6) is -0.315. The van der Waals surface area contributed by atoms with E-state index in [1.807, 2.05) is 12.1 Å². The smallest absolute Gasteiger partial charge is 0.418 e. The van der Waals surface area contributed by atoms with E-state index < -0.39 is 11.9 Å². The molecule has 1 heterocycles. The number of benzene rings is 2. The van der Waals surface area contributed by atoms with Crippen molar-refractivity contribution in [1.82, 2.24) is 4.98 Å². The lowest BCUT2D eigenvalue weighted by Crippen LogP contribution is -2.24. The summed E-state index contributed by atoms with van der Waals surface area (Å²) in [7, 11) is 1.40. The quantitative estimate of drug-likeness (QED) is 0.674. The number of amides is 1. The summed E-state index contributed by atoms with van der Waals surface area (Å²) in [5.41, 5.74) is 0.735. The predicted octanol–water partition coefficient (Wildman–Crippen LogP) is 5.02. The van der Waals surface area contributed by atoms with Crippen LogP contribution < -0.4 is 9.64 Å². The number of fused-ring (bicyclic) bond motifs is 1. The average molecular weight is 397 g/mol. The Hall–Kier alpha value is -2.19. The molecule has 1 amide bonds. The number of carbonyl (C=O) groups is 1. The van der Waals surface area contributed by atoms with Gasteiger partial charge in [-0.2, -0.15) is 0 Å². The van der Waals surface area contributed by atoms with Crippen molar-refractivity contribution in [3.05, 3.63) is 46.7 Å². The molecule has 3 rings (SSSR count). The van der Waals surface area contributed by atoms with Crippen LogP contribution in [0.2, 0.25) is 0 Å². The average Bonchev–Trinajstić information content (AvgIpc) is 2.89. The molecule has 0 spiro atoms. The van der Waals surface area contributed by atoms with Gasteiger partial charge in [0, 0.05) is 10.5 Å². The molecule has 0 saturated carbocycles. The number of rotatable bonds is 3. The summed E-state index contributed by atoms with van der Waals surface area (Å²) in [4.78, 5) is 17.0. The summed E-state index contributed by atoms with van der Waals surface area (Å²) in [6.45, 7) is 0. The molecule has 1 aromatic heterocycles. The van der Waals surface area contributed by atoms with Gasteiger partial charge >= 0.3 is 6.09 Å². The fourth-order valence-electron chi connectivity index (χ4n) is 2.11. The maximum Gasteiger partial charge on any atom is 0.418 e. The van der Waals surface area contributed by atoms with Crippen LogP contribution in [0.4, 0.5) is 20.0 Å². The second-order valence-electron chi connectivity index (χ2n) is 4.54. The number of carboxylic acid groups (broad SMARTS) is 1. The molecule has 0 unspecified atom stereocenters. The van der Waals surface area contributed by atoms with Crippen molar-refractivity contribution in [3.8, 4) is 5.75 Å². The molecule has 8 heteroatoms. The maximum absolute atomic E-state index is 13.6. The minimum Gasteiger partial charge on any atom is -0.495 e. The van der Waals surface area contributed by atoms with Crippen LogP contribution in [0.25, 0.3) is 10.2 Å². The molecule has 2 aromatic carbocycles. The molecule has 0 aliphatic rings. The van der Waals surface area contributed by atoms with Crippen molar-refractivity contribution >= 4 is 54.4 Å². The van der Waals surface area contributed by atoms with Crippen LogP contribution in [0.5, 0.6) is 5.75 Å². The summed E-state index contributed by atoms with van der Waals surface area (Å²) in [6.07, 6.45) is -1.27. The van der Waals surface area contributed by atoms with E-state index in [9.17, 15) is 14.3 Å². The zero-order chi connectivity index (χ0) is 16.6. The number of halogens is 2. The third kappa shape index (κ3) is 2.99. The SMILES string of the molecule is COc1ccc(F)cc1N(C(=O)O)c1nc2cc(Br)ccc2s1. The van der Waals surface area contributed by atoms with Gasteiger partial charge in [0.05, 0.1) is 23.0 Å². The van der Waals surface area contributed by atoms with Crippen molar-refractivity contribution in [1.29, 1.82) is 0 Å². The Balaban J connectivity index is 2.18. The van der Waals surface area contributed by atoms with Crippen LogP contribution in [0.1, 0.15) is 0 Å². The lowest BCUT2D eigenvalue weighted by Gasteiger charge is -2.18. The first-order valence-corrected chi connectivity index (χ1v) is 8.03. The van der Waals surface area contributed by atoms with Crippen molar-refractivity contribution in [2.45, 2.75) is 0 Å². The fraction of sp³-hybridized carbons (Fsp3) is 0.0667. The number of hydrogen-bond donors (Lipinski definition) is 1. The Labute approximate surface area is 143 Å². The number of hydrogen-bond acceptors (Lipinski definition) is 4. The van der Waals surface area contributed by atoms with Gasteiger partial charge in [0.1, 0.15) is 11.6 Å². The minimum absolute atomic E-state index is 0.0816. The van der Waals surface area contributed by atoms with E-state index in [2.05, 4.69) is 20.9 Å². The van der Waals surface area contributed by atoms with E-state index in [1.165, 1.54) is 30.6 Å². The van der Waals surface area contributed by atoms with Crippen LogP contribution >= 0.6 is 27.3 Å². The first kappa shape index (κ1) is 15.7. The highest BCUT2D eigenvalue weighted by Gasteiger charge is 2.24. The Morgan fingerprint density at radius 1 is 1.35 bits per heavy atom. The third-order valence-corrected chi connectivity index (χ3v) is 4.62. The lowest BCUT2D eigenvalue weighted by molar-refractivity contribution is 0.204. The third-order valence-electron chi connectivity index (χ3n) is 3.10. The summed E-state index contributed by atoms with van der Waals surface area (Å²) in [5, 5.41) is 9.79. The Morgan fingerprint density at radius 2 is 2.13 bits per heavy atom. The minimum atomic E-state index is -1.27. The van der Waals surface area contributed by atoms with Gasteiger partial charge in [0.15, 0.2) is 0 Å². The Kier molecular flexibility index (Phi) is 4.18. The number of anilines is 2. The number of ether oxygens (including phenoxy) is 1. The molecule has 0 aliphatic heterocycles. The van der Waals surface area contributed by atoms with E-state index in [0.717, 1.165) is 20.1 Å². The van der Waals surface area contributed by atoms with E-state index in [-0.39, 0.29) is 16.6 Å². The van der Waals surface area contributed by atoms with Crippen LogP contribution in [0, 0.1) is 5.82 Å². The number of thiazole rings is 1. The van der Waals surface area contributed by atoms with Gasteiger partial charge in [-0.15, -0.1) is 0 Å².